The Morgan fingerprint density at radius 1 is 0.658 bits per heavy atom. The quantitative estimate of drug-likeness (QED) is 0.118. The zero-order valence-electron chi connectivity index (χ0n) is 26.6. The number of unbranched alkanes of at least 4 members (excludes halogenated alkanes) is 10. The van der Waals surface area contributed by atoms with Crippen molar-refractivity contribution in [3.8, 4) is 0 Å². The lowest BCUT2D eigenvalue weighted by atomic mass is 9.87. The lowest BCUT2D eigenvalue weighted by Crippen LogP contribution is -2.50. The Morgan fingerprint density at radius 2 is 1.18 bits per heavy atom. The van der Waals surface area contributed by atoms with Gasteiger partial charge in [-0.3, -0.25) is 0 Å². The Kier molecular flexibility index (Phi) is 20.2. The molecule has 2 aliphatic rings. The molecular formula is C35H70N2O. The van der Waals surface area contributed by atoms with Crippen LogP contribution in [-0.4, -0.2) is 49.3 Å². The summed E-state index contributed by atoms with van der Waals surface area (Å²) in [4.78, 5) is 2.79. The lowest BCUT2D eigenvalue weighted by molar-refractivity contribution is -0.0430. The third-order valence-electron chi connectivity index (χ3n) is 9.60. The minimum Gasteiger partial charge on any atom is -0.378 e. The fourth-order valence-corrected chi connectivity index (χ4v) is 6.77. The highest BCUT2D eigenvalue weighted by molar-refractivity contribution is 4.89. The predicted molar refractivity (Wildman–Crippen MR) is 168 cm³/mol. The fraction of sp³-hybridized carbons (Fsp3) is 1.00. The minimum atomic E-state index is 0.521. The molecule has 0 spiro atoms. The van der Waals surface area contributed by atoms with Crippen LogP contribution in [0.4, 0.5) is 0 Å². The van der Waals surface area contributed by atoms with E-state index in [0.29, 0.717) is 12.1 Å². The van der Waals surface area contributed by atoms with E-state index in [0.717, 1.165) is 24.5 Å². The van der Waals surface area contributed by atoms with Gasteiger partial charge in [-0.1, -0.05) is 118 Å². The second kappa shape index (κ2) is 22.6. The van der Waals surface area contributed by atoms with Crippen LogP contribution in [-0.2, 0) is 4.74 Å². The maximum absolute atomic E-state index is 6.44. The summed E-state index contributed by atoms with van der Waals surface area (Å²) in [5.74, 6) is 1.72. The van der Waals surface area contributed by atoms with Gasteiger partial charge < -0.3 is 15.0 Å². The van der Waals surface area contributed by atoms with E-state index >= 15 is 0 Å². The van der Waals surface area contributed by atoms with Gasteiger partial charge in [0.15, 0.2) is 0 Å². The molecule has 2 fully saturated rings. The third-order valence-corrected chi connectivity index (χ3v) is 9.60. The highest BCUT2D eigenvalue weighted by Gasteiger charge is 2.32. The molecule has 0 aromatic heterocycles. The van der Waals surface area contributed by atoms with E-state index in [4.69, 9.17) is 4.74 Å². The highest BCUT2D eigenvalue weighted by atomic mass is 16.5. The van der Waals surface area contributed by atoms with Crippen molar-refractivity contribution in [1.29, 1.82) is 0 Å². The molecule has 226 valence electrons. The summed E-state index contributed by atoms with van der Waals surface area (Å²) in [5, 5.41) is 4.04. The summed E-state index contributed by atoms with van der Waals surface area (Å²) >= 11 is 0. The van der Waals surface area contributed by atoms with Crippen molar-refractivity contribution in [2.75, 3.05) is 26.2 Å². The molecule has 0 bridgehead atoms. The van der Waals surface area contributed by atoms with E-state index in [-0.39, 0.29) is 0 Å². The van der Waals surface area contributed by atoms with Crippen LogP contribution in [0.3, 0.4) is 0 Å². The van der Waals surface area contributed by atoms with E-state index in [1.807, 2.05) is 0 Å². The number of nitrogens with zero attached hydrogens (tertiary/aromatic N) is 1. The van der Waals surface area contributed by atoms with Crippen LogP contribution >= 0.6 is 0 Å². The van der Waals surface area contributed by atoms with Gasteiger partial charge in [-0.25, -0.2) is 0 Å². The van der Waals surface area contributed by atoms with Crippen LogP contribution in [0.5, 0.6) is 0 Å². The van der Waals surface area contributed by atoms with Crippen molar-refractivity contribution in [2.45, 2.75) is 187 Å². The molecule has 3 heteroatoms. The molecule has 1 aliphatic heterocycles. The van der Waals surface area contributed by atoms with E-state index < -0.39 is 0 Å². The van der Waals surface area contributed by atoms with Gasteiger partial charge in [0.1, 0.15) is 0 Å². The van der Waals surface area contributed by atoms with Crippen LogP contribution in [0.1, 0.15) is 169 Å². The Bertz CT molecular complexity index is 512. The fourth-order valence-electron chi connectivity index (χ4n) is 6.77. The van der Waals surface area contributed by atoms with Crippen molar-refractivity contribution in [1.82, 2.24) is 10.2 Å². The van der Waals surface area contributed by atoms with Crippen LogP contribution in [0.25, 0.3) is 0 Å². The number of ether oxygens (including phenoxy) is 1. The summed E-state index contributed by atoms with van der Waals surface area (Å²) < 4.78 is 6.44. The highest BCUT2D eigenvalue weighted by Crippen LogP contribution is 2.28. The van der Waals surface area contributed by atoms with E-state index in [1.165, 1.54) is 161 Å². The van der Waals surface area contributed by atoms with Crippen molar-refractivity contribution in [3.05, 3.63) is 0 Å². The monoisotopic (exact) mass is 535 g/mol. The van der Waals surface area contributed by atoms with Crippen molar-refractivity contribution in [2.24, 2.45) is 11.8 Å². The topological polar surface area (TPSA) is 24.5 Å². The second-order valence-electron chi connectivity index (χ2n) is 13.3. The Morgan fingerprint density at radius 3 is 1.84 bits per heavy atom. The zero-order valence-corrected chi connectivity index (χ0v) is 26.6. The second-order valence-corrected chi connectivity index (χ2v) is 13.3. The van der Waals surface area contributed by atoms with Crippen molar-refractivity contribution < 1.29 is 4.74 Å². The van der Waals surface area contributed by atoms with Crippen LogP contribution in [0.2, 0.25) is 0 Å². The average Bonchev–Trinajstić information content (AvgIpc) is 2.91. The van der Waals surface area contributed by atoms with Gasteiger partial charge >= 0.3 is 0 Å². The molecule has 2 atom stereocenters. The van der Waals surface area contributed by atoms with Crippen LogP contribution in [0, 0.1) is 11.8 Å². The molecule has 2 rings (SSSR count). The smallest absolute Gasteiger partial charge is 0.0605 e. The predicted octanol–water partition coefficient (Wildman–Crippen LogP) is 9.92. The van der Waals surface area contributed by atoms with Gasteiger partial charge in [0.05, 0.1) is 6.10 Å². The minimum absolute atomic E-state index is 0.521. The summed E-state index contributed by atoms with van der Waals surface area (Å²) in [6, 6.07) is 1.45. The van der Waals surface area contributed by atoms with Gasteiger partial charge in [0.2, 0.25) is 0 Å². The third kappa shape index (κ3) is 15.6. The summed E-state index contributed by atoms with van der Waals surface area (Å²) in [7, 11) is 0. The first-order chi connectivity index (χ1) is 18.7. The van der Waals surface area contributed by atoms with Gasteiger partial charge in [0, 0.05) is 25.2 Å². The van der Waals surface area contributed by atoms with E-state index in [9.17, 15) is 0 Å². The first kappa shape index (κ1) is 34.1. The average molecular weight is 535 g/mol. The van der Waals surface area contributed by atoms with E-state index in [2.05, 4.69) is 37.9 Å². The molecule has 0 aromatic carbocycles. The van der Waals surface area contributed by atoms with Crippen molar-refractivity contribution in [3.63, 3.8) is 0 Å². The SMILES string of the molecule is CCCCCCCC(CCCCC)N[C@H]1C[C@H](OCC2CCN(CC(CCCC)CCCCCC)CC2)C1. The first-order valence-corrected chi connectivity index (χ1v) is 17.8. The molecule has 1 saturated carbocycles. The standard InChI is InChI=1S/C35H70N2O/c1-5-9-13-15-18-22-33(21-16-11-7-3)36-34-27-35(28-34)38-30-32-23-25-37(26-24-32)29-31(19-12-8-4)20-17-14-10-6-2/h31-36H,5-30H2,1-4H3/t31?,33?,34-,35-. The first-order valence-electron chi connectivity index (χ1n) is 17.8. The number of likely N-dealkylation sites (tertiary alicyclic amines) is 1. The van der Waals surface area contributed by atoms with E-state index in [1.54, 1.807) is 0 Å². The number of rotatable bonds is 25. The van der Waals surface area contributed by atoms with Gasteiger partial charge in [-0.2, -0.15) is 0 Å². The zero-order chi connectivity index (χ0) is 27.3. The molecule has 3 nitrogen and oxygen atoms in total. The molecule has 0 amide bonds. The summed E-state index contributed by atoms with van der Waals surface area (Å²) in [6.45, 7) is 14.3. The summed E-state index contributed by atoms with van der Waals surface area (Å²) in [5.41, 5.74) is 0. The number of hydrogen-bond acceptors (Lipinski definition) is 3. The summed E-state index contributed by atoms with van der Waals surface area (Å²) in [6.07, 6.45) is 30.9. The van der Waals surface area contributed by atoms with Gasteiger partial charge in [0.25, 0.3) is 0 Å². The van der Waals surface area contributed by atoms with Gasteiger partial charge in [-0.05, 0) is 76.3 Å². The maximum atomic E-state index is 6.44. The molecule has 1 aliphatic carbocycles. The molecule has 1 saturated heterocycles. The Hall–Kier alpha value is -0.120. The van der Waals surface area contributed by atoms with Crippen LogP contribution in [0.15, 0.2) is 0 Å². The molecule has 2 unspecified atom stereocenters. The van der Waals surface area contributed by atoms with Crippen molar-refractivity contribution >= 4 is 0 Å². The maximum Gasteiger partial charge on any atom is 0.0605 e. The molecule has 1 N–H and O–H groups in total. The molecule has 0 radical (unpaired) electrons. The number of hydrogen-bond donors (Lipinski definition) is 1. The molecule has 38 heavy (non-hydrogen) atoms. The van der Waals surface area contributed by atoms with Crippen LogP contribution < -0.4 is 5.32 Å². The lowest BCUT2D eigenvalue weighted by Gasteiger charge is -2.40. The normalized spacial score (nSPS) is 22.4. The van der Waals surface area contributed by atoms with Gasteiger partial charge in [-0.15, -0.1) is 0 Å². The molecule has 1 heterocycles. The largest absolute Gasteiger partial charge is 0.378 e. The number of piperidine rings is 1. The molecular weight excluding hydrogens is 464 g/mol. The Labute approximate surface area is 240 Å². The Balaban J connectivity index is 1.58. The molecule has 0 aromatic rings. The number of nitrogens with one attached hydrogen (secondary N) is 1.